The molecule has 0 saturated heterocycles. The van der Waals surface area contributed by atoms with Crippen molar-refractivity contribution >= 4 is 5.69 Å². The van der Waals surface area contributed by atoms with Gasteiger partial charge in [-0.25, -0.2) is 4.98 Å². The van der Waals surface area contributed by atoms with Crippen molar-refractivity contribution in [1.82, 2.24) is 19.3 Å². The smallest absolute Gasteiger partial charge is 0.0991 e. The monoisotopic (exact) mass is 295 g/mol. The molecule has 0 aliphatic rings. The number of anilines is 1. The average Bonchev–Trinajstić information content (AvgIpc) is 3.20. The highest BCUT2D eigenvalue weighted by molar-refractivity contribution is 5.50. The van der Waals surface area contributed by atoms with Gasteiger partial charge in [0, 0.05) is 41.6 Å². The number of benzene rings is 1. The molecule has 1 aromatic carbocycles. The highest BCUT2D eigenvalue weighted by Gasteiger charge is 2.09. The Bertz CT molecular complexity index is 710. The van der Waals surface area contributed by atoms with E-state index < -0.39 is 0 Å². The first kappa shape index (κ1) is 14.4. The van der Waals surface area contributed by atoms with Crippen molar-refractivity contribution in [1.29, 1.82) is 0 Å². The largest absolute Gasteiger partial charge is 0.378 e. The molecule has 5 nitrogen and oxygen atoms in total. The minimum absolute atomic E-state index is 0.214. The predicted molar refractivity (Wildman–Crippen MR) is 88.2 cm³/mol. The van der Waals surface area contributed by atoms with Gasteiger partial charge in [-0.15, -0.1) is 0 Å². The summed E-state index contributed by atoms with van der Waals surface area (Å²) in [4.78, 5) is 4.06. The number of nitrogens with zero attached hydrogens (tertiary/aromatic N) is 4. The van der Waals surface area contributed by atoms with E-state index in [-0.39, 0.29) is 6.04 Å². The second-order valence-electron chi connectivity index (χ2n) is 5.73. The van der Waals surface area contributed by atoms with Crippen LogP contribution in [-0.4, -0.2) is 19.3 Å². The average molecular weight is 295 g/mol. The number of aromatic nitrogens is 4. The van der Waals surface area contributed by atoms with Gasteiger partial charge in [0.05, 0.1) is 18.6 Å². The van der Waals surface area contributed by atoms with E-state index in [0.717, 1.165) is 11.4 Å². The molecule has 0 spiro atoms. The Labute approximate surface area is 130 Å². The maximum atomic E-state index is 4.39. The Balaban J connectivity index is 1.69. The van der Waals surface area contributed by atoms with Crippen LogP contribution in [0.4, 0.5) is 5.69 Å². The molecule has 1 atom stereocenters. The molecule has 3 aromatic rings. The lowest BCUT2D eigenvalue weighted by Gasteiger charge is -2.14. The van der Waals surface area contributed by atoms with Gasteiger partial charge in [0.2, 0.25) is 0 Å². The Morgan fingerprint density at radius 2 is 1.86 bits per heavy atom. The highest BCUT2D eigenvalue weighted by atomic mass is 15.3. The van der Waals surface area contributed by atoms with Crippen LogP contribution in [0.1, 0.15) is 38.4 Å². The summed E-state index contributed by atoms with van der Waals surface area (Å²) in [5, 5.41) is 7.90. The van der Waals surface area contributed by atoms with Crippen molar-refractivity contribution in [2.45, 2.75) is 32.9 Å². The molecule has 0 saturated carbocycles. The normalized spacial score (nSPS) is 12.5. The van der Waals surface area contributed by atoms with Gasteiger partial charge in [0.25, 0.3) is 0 Å². The molecule has 0 aliphatic heterocycles. The summed E-state index contributed by atoms with van der Waals surface area (Å²) in [6.45, 7) is 6.40. The predicted octanol–water partition coefficient (Wildman–Crippen LogP) is 3.82. The zero-order valence-electron chi connectivity index (χ0n) is 13.1. The first-order chi connectivity index (χ1) is 10.6. The third-order valence-corrected chi connectivity index (χ3v) is 3.70. The van der Waals surface area contributed by atoms with Crippen LogP contribution in [0.2, 0.25) is 0 Å². The highest BCUT2D eigenvalue weighted by Crippen LogP contribution is 2.21. The van der Waals surface area contributed by atoms with Crippen LogP contribution >= 0.6 is 0 Å². The van der Waals surface area contributed by atoms with Crippen LogP contribution in [0, 0.1) is 0 Å². The fourth-order valence-electron chi connectivity index (χ4n) is 2.33. The van der Waals surface area contributed by atoms with Crippen molar-refractivity contribution in [3.8, 4) is 5.69 Å². The van der Waals surface area contributed by atoms with Gasteiger partial charge in [-0.3, -0.25) is 4.68 Å². The Kier molecular flexibility index (Phi) is 3.96. The van der Waals surface area contributed by atoms with Crippen molar-refractivity contribution in [2.24, 2.45) is 0 Å². The van der Waals surface area contributed by atoms with E-state index in [4.69, 9.17) is 0 Å². The van der Waals surface area contributed by atoms with Crippen molar-refractivity contribution in [3.63, 3.8) is 0 Å². The molecule has 1 unspecified atom stereocenters. The standard InChI is InChI=1S/C17H21N5/c1-13(2)22-11-15(10-19-22)14(3)20-16-4-6-17(7-5-16)21-9-8-18-12-21/h4-14,20H,1-3H3. The van der Waals surface area contributed by atoms with Gasteiger partial charge < -0.3 is 9.88 Å². The number of nitrogens with one attached hydrogen (secondary N) is 1. The minimum atomic E-state index is 0.214. The van der Waals surface area contributed by atoms with Crippen LogP contribution in [-0.2, 0) is 0 Å². The first-order valence-corrected chi connectivity index (χ1v) is 7.52. The van der Waals surface area contributed by atoms with Crippen molar-refractivity contribution < 1.29 is 0 Å². The van der Waals surface area contributed by atoms with E-state index in [1.807, 2.05) is 21.6 Å². The van der Waals surface area contributed by atoms with Gasteiger partial charge in [-0.1, -0.05) is 0 Å². The van der Waals surface area contributed by atoms with Crippen LogP contribution in [0.25, 0.3) is 5.69 Å². The first-order valence-electron chi connectivity index (χ1n) is 7.52. The van der Waals surface area contributed by atoms with Gasteiger partial charge in [0.15, 0.2) is 0 Å². The molecule has 0 amide bonds. The summed E-state index contributed by atoms with van der Waals surface area (Å²) >= 11 is 0. The van der Waals surface area contributed by atoms with Crippen LogP contribution in [0.3, 0.4) is 0 Å². The number of hydrogen-bond acceptors (Lipinski definition) is 3. The van der Waals surface area contributed by atoms with E-state index in [1.54, 1.807) is 12.5 Å². The lowest BCUT2D eigenvalue weighted by atomic mass is 10.1. The molecule has 114 valence electrons. The molecular weight excluding hydrogens is 274 g/mol. The summed E-state index contributed by atoms with van der Waals surface area (Å²) < 4.78 is 3.97. The lowest BCUT2D eigenvalue weighted by Crippen LogP contribution is -2.06. The molecule has 22 heavy (non-hydrogen) atoms. The molecular formula is C17H21N5. The second kappa shape index (κ2) is 6.05. The molecule has 0 fully saturated rings. The molecule has 1 N–H and O–H groups in total. The van der Waals surface area contributed by atoms with Crippen LogP contribution in [0.5, 0.6) is 0 Å². The second-order valence-corrected chi connectivity index (χ2v) is 5.73. The lowest BCUT2D eigenvalue weighted by molar-refractivity contribution is 0.532. The number of rotatable bonds is 5. The summed E-state index contributed by atoms with van der Waals surface area (Å²) in [6.07, 6.45) is 9.54. The Morgan fingerprint density at radius 1 is 1.09 bits per heavy atom. The maximum Gasteiger partial charge on any atom is 0.0991 e. The van der Waals surface area contributed by atoms with E-state index in [0.29, 0.717) is 6.04 Å². The van der Waals surface area contributed by atoms with E-state index in [9.17, 15) is 0 Å². The topological polar surface area (TPSA) is 47.7 Å². The molecule has 5 heteroatoms. The van der Waals surface area contributed by atoms with Gasteiger partial charge in [-0.2, -0.15) is 5.10 Å². The van der Waals surface area contributed by atoms with Gasteiger partial charge in [-0.05, 0) is 45.0 Å². The molecule has 0 radical (unpaired) electrons. The molecule has 0 aliphatic carbocycles. The zero-order valence-corrected chi connectivity index (χ0v) is 13.1. The fraction of sp³-hybridized carbons (Fsp3) is 0.294. The fourth-order valence-corrected chi connectivity index (χ4v) is 2.33. The molecule has 2 heterocycles. The summed E-state index contributed by atoms with van der Waals surface area (Å²) in [5.74, 6) is 0. The number of imidazole rings is 1. The van der Waals surface area contributed by atoms with Crippen molar-refractivity contribution in [2.75, 3.05) is 5.32 Å². The van der Waals surface area contributed by atoms with E-state index in [2.05, 4.69) is 66.6 Å². The third-order valence-electron chi connectivity index (χ3n) is 3.70. The van der Waals surface area contributed by atoms with Crippen LogP contribution in [0.15, 0.2) is 55.4 Å². The van der Waals surface area contributed by atoms with E-state index in [1.165, 1.54) is 5.56 Å². The summed E-state index contributed by atoms with van der Waals surface area (Å²) in [7, 11) is 0. The van der Waals surface area contributed by atoms with Crippen molar-refractivity contribution in [3.05, 3.63) is 60.9 Å². The van der Waals surface area contributed by atoms with E-state index >= 15 is 0 Å². The SMILES string of the molecule is CC(Nc1ccc(-n2ccnc2)cc1)c1cnn(C(C)C)c1. The zero-order chi connectivity index (χ0) is 15.5. The van der Waals surface area contributed by atoms with Gasteiger partial charge >= 0.3 is 0 Å². The number of hydrogen-bond donors (Lipinski definition) is 1. The minimum Gasteiger partial charge on any atom is -0.378 e. The maximum absolute atomic E-state index is 4.39. The van der Waals surface area contributed by atoms with Crippen LogP contribution < -0.4 is 5.32 Å². The Hall–Kier alpha value is -2.56. The molecule has 3 rings (SSSR count). The molecule has 0 bridgehead atoms. The quantitative estimate of drug-likeness (QED) is 0.778. The third kappa shape index (κ3) is 3.03. The molecule has 2 aromatic heterocycles. The summed E-state index contributed by atoms with van der Waals surface area (Å²) in [5.41, 5.74) is 3.38. The summed E-state index contributed by atoms with van der Waals surface area (Å²) in [6, 6.07) is 8.92. The Morgan fingerprint density at radius 3 is 2.45 bits per heavy atom. The van der Waals surface area contributed by atoms with Gasteiger partial charge in [0.1, 0.15) is 0 Å².